The van der Waals surface area contributed by atoms with Crippen LogP contribution in [0, 0.1) is 6.92 Å². The van der Waals surface area contributed by atoms with Gasteiger partial charge in [0.15, 0.2) is 5.54 Å². The van der Waals surface area contributed by atoms with Crippen LogP contribution in [0.1, 0.15) is 22.5 Å². The predicted octanol–water partition coefficient (Wildman–Crippen LogP) is 3.72. The van der Waals surface area contributed by atoms with Gasteiger partial charge in [0.1, 0.15) is 11.5 Å². The first kappa shape index (κ1) is 19.6. The van der Waals surface area contributed by atoms with E-state index in [0.29, 0.717) is 17.9 Å². The number of hydrogen-bond donors (Lipinski definition) is 2. The maximum atomic E-state index is 13.1. The highest BCUT2D eigenvalue weighted by Crippen LogP contribution is 2.43. The van der Waals surface area contributed by atoms with Gasteiger partial charge in [0.25, 0.3) is 0 Å². The van der Waals surface area contributed by atoms with Crippen LogP contribution >= 0.6 is 0 Å². The molecule has 0 spiro atoms. The van der Waals surface area contributed by atoms with Crippen molar-refractivity contribution in [3.05, 3.63) is 89.6 Å². The summed E-state index contributed by atoms with van der Waals surface area (Å²) in [4.78, 5) is 22.4. The second-order valence-electron chi connectivity index (χ2n) is 7.17. The fourth-order valence-electron chi connectivity index (χ4n) is 3.86. The van der Waals surface area contributed by atoms with E-state index < -0.39 is 5.54 Å². The molecule has 7 nitrogen and oxygen atoms in total. The number of urea groups is 1. The molecule has 154 valence electrons. The molecule has 1 aliphatic rings. The van der Waals surface area contributed by atoms with Gasteiger partial charge in [-0.05, 0) is 42.3 Å². The molecule has 30 heavy (non-hydrogen) atoms. The van der Waals surface area contributed by atoms with Crippen LogP contribution in [-0.4, -0.2) is 35.1 Å². The van der Waals surface area contributed by atoms with Crippen LogP contribution in [-0.2, 0) is 12.1 Å². The van der Waals surface area contributed by atoms with Crippen molar-refractivity contribution in [3.8, 4) is 11.5 Å². The fourth-order valence-corrected chi connectivity index (χ4v) is 3.86. The summed E-state index contributed by atoms with van der Waals surface area (Å²) in [6.45, 7) is 6.63. The Morgan fingerprint density at radius 3 is 2.17 bits per heavy atom. The lowest BCUT2D eigenvalue weighted by atomic mass is 9.83. The highest BCUT2D eigenvalue weighted by Gasteiger charge is 2.51. The number of amides is 2. The van der Waals surface area contributed by atoms with Gasteiger partial charge < -0.3 is 19.8 Å². The maximum absolute atomic E-state index is 13.1. The van der Waals surface area contributed by atoms with E-state index in [-0.39, 0.29) is 6.03 Å². The second kappa shape index (κ2) is 7.59. The number of carbonyl (C=O) groups is 1. The van der Waals surface area contributed by atoms with Crippen molar-refractivity contribution in [2.24, 2.45) is 0 Å². The maximum Gasteiger partial charge on any atom is 0.323 e. The van der Waals surface area contributed by atoms with Gasteiger partial charge in [-0.3, -0.25) is 4.90 Å². The molecule has 1 aliphatic heterocycles. The van der Waals surface area contributed by atoms with Crippen LogP contribution in [0.4, 0.5) is 4.79 Å². The summed E-state index contributed by atoms with van der Waals surface area (Å²) in [5, 5.41) is 3.15. The van der Waals surface area contributed by atoms with Crippen molar-refractivity contribution in [1.82, 2.24) is 20.2 Å². The summed E-state index contributed by atoms with van der Waals surface area (Å²) in [5.74, 6) is 1.50. The van der Waals surface area contributed by atoms with E-state index in [4.69, 9.17) is 9.47 Å². The summed E-state index contributed by atoms with van der Waals surface area (Å²) < 4.78 is 10.5. The van der Waals surface area contributed by atoms with Crippen LogP contribution < -0.4 is 14.8 Å². The topological polar surface area (TPSA) is 79.5 Å². The zero-order chi connectivity index (χ0) is 21.3. The molecule has 1 fully saturated rings. The Hall–Kier alpha value is -3.74. The highest BCUT2D eigenvalue weighted by atomic mass is 16.5. The fraction of sp³-hybridized carbons (Fsp3) is 0.217. The summed E-state index contributed by atoms with van der Waals surface area (Å²) in [6, 6.07) is 15.0. The number of H-pyrrole nitrogens is 1. The largest absolute Gasteiger partial charge is 0.497 e. The number of benzene rings is 2. The van der Waals surface area contributed by atoms with E-state index in [0.717, 1.165) is 28.3 Å². The van der Waals surface area contributed by atoms with Crippen molar-refractivity contribution in [1.29, 1.82) is 0 Å². The number of aryl methyl sites for hydroxylation is 1. The number of methoxy groups -OCH3 is 2. The van der Waals surface area contributed by atoms with Crippen molar-refractivity contribution in [3.63, 3.8) is 0 Å². The Morgan fingerprint density at radius 1 is 1.03 bits per heavy atom. The number of imidazole rings is 1. The molecule has 3 aromatic rings. The zero-order valence-electron chi connectivity index (χ0n) is 17.2. The number of nitrogens with zero attached hydrogens (tertiary/aromatic N) is 2. The molecule has 0 radical (unpaired) electrons. The first-order valence-electron chi connectivity index (χ1n) is 9.56. The Balaban J connectivity index is 1.76. The van der Waals surface area contributed by atoms with Gasteiger partial charge in [0, 0.05) is 5.69 Å². The molecule has 2 N–H and O–H groups in total. The average Bonchev–Trinajstić information content (AvgIpc) is 3.31. The Morgan fingerprint density at radius 2 is 1.63 bits per heavy atom. The quantitative estimate of drug-likeness (QED) is 0.656. The van der Waals surface area contributed by atoms with E-state index in [2.05, 4.69) is 21.9 Å². The molecule has 4 rings (SSSR count). The highest BCUT2D eigenvalue weighted by molar-refractivity contribution is 5.84. The Bertz CT molecular complexity index is 1070. The molecule has 1 atom stereocenters. The van der Waals surface area contributed by atoms with Crippen molar-refractivity contribution < 1.29 is 14.3 Å². The third kappa shape index (κ3) is 3.08. The van der Waals surface area contributed by atoms with E-state index in [1.807, 2.05) is 55.5 Å². The van der Waals surface area contributed by atoms with E-state index in [9.17, 15) is 4.79 Å². The monoisotopic (exact) mass is 404 g/mol. The third-order valence-corrected chi connectivity index (χ3v) is 5.51. The molecule has 7 heteroatoms. The Labute approximate surface area is 175 Å². The summed E-state index contributed by atoms with van der Waals surface area (Å²) in [6.07, 6.45) is 1.63. The van der Waals surface area contributed by atoms with Gasteiger partial charge in [-0.2, -0.15) is 0 Å². The number of aromatic nitrogens is 2. The van der Waals surface area contributed by atoms with E-state index in [1.54, 1.807) is 25.4 Å². The van der Waals surface area contributed by atoms with Crippen LogP contribution in [0.5, 0.6) is 11.5 Å². The van der Waals surface area contributed by atoms with Gasteiger partial charge >= 0.3 is 6.03 Å². The minimum atomic E-state index is -0.972. The average molecular weight is 404 g/mol. The number of hydrogen-bond acceptors (Lipinski definition) is 4. The van der Waals surface area contributed by atoms with Crippen molar-refractivity contribution >= 4 is 6.03 Å². The lowest BCUT2D eigenvalue weighted by Gasteiger charge is -2.30. The number of nitrogens with one attached hydrogen (secondary N) is 2. The number of rotatable bonds is 6. The molecule has 2 amide bonds. The van der Waals surface area contributed by atoms with Crippen LogP contribution in [0.15, 0.2) is 67.1 Å². The van der Waals surface area contributed by atoms with Gasteiger partial charge in [0.2, 0.25) is 0 Å². The minimum absolute atomic E-state index is 0.228. The molecular formula is C23H24N4O3. The van der Waals surface area contributed by atoms with Gasteiger partial charge in [-0.1, -0.05) is 30.8 Å². The van der Waals surface area contributed by atoms with Gasteiger partial charge in [-0.25, -0.2) is 9.78 Å². The first-order valence-corrected chi connectivity index (χ1v) is 9.56. The second-order valence-corrected chi connectivity index (χ2v) is 7.17. The first-order chi connectivity index (χ1) is 14.5. The standard InChI is InChI=1S/C23H24N4O3/c1-15-21(25-14-24-15)23(18-7-11-20(30-4)12-8-18)16(2)27(22(28)26-23)13-17-5-9-19(29-3)10-6-17/h5-12,14H,2,13H2,1,3-4H3,(H,24,25)(H,26,28). The SMILES string of the molecule is C=C1N(Cc2ccc(OC)cc2)C(=O)NC1(c1ccc(OC)cc1)c1nc[nH]c1C. The van der Waals surface area contributed by atoms with Crippen LogP contribution in [0.3, 0.4) is 0 Å². The Kier molecular flexibility index (Phi) is 4.95. The van der Waals surface area contributed by atoms with Crippen molar-refractivity contribution in [2.45, 2.75) is 19.0 Å². The smallest absolute Gasteiger partial charge is 0.323 e. The molecule has 1 aromatic heterocycles. The van der Waals surface area contributed by atoms with E-state index >= 15 is 0 Å². The number of carbonyl (C=O) groups excluding carboxylic acids is 1. The number of aromatic amines is 1. The molecule has 1 saturated heterocycles. The van der Waals surface area contributed by atoms with Gasteiger partial charge in [0.05, 0.1) is 38.5 Å². The molecule has 1 unspecified atom stereocenters. The third-order valence-electron chi connectivity index (χ3n) is 5.51. The lowest BCUT2D eigenvalue weighted by molar-refractivity contribution is 0.221. The minimum Gasteiger partial charge on any atom is -0.497 e. The molecule has 0 aliphatic carbocycles. The lowest BCUT2D eigenvalue weighted by Crippen LogP contribution is -2.41. The van der Waals surface area contributed by atoms with Gasteiger partial charge in [-0.15, -0.1) is 0 Å². The summed E-state index contributed by atoms with van der Waals surface area (Å²) in [5.41, 5.74) is 3.04. The summed E-state index contributed by atoms with van der Waals surface area (Å²) >= 11 is 0. The molecule has 2 heterocycles. The summed E-state index contributed by atoms with van der Waals surface area (Å²) in [7, 11) is 3.25. The normalized spacial score (nSPS) is 18.4. The van der Waals surface area contributed by atoms with Crippen molar-refractivity contribution in [2.75, 3.05) is 14.2 Å². The van der Waals surface area contributed by atoms with Crippen LogP contribution in [0.25, 0.3) is 0 Å². The molecule has 0 saturated carbocycles. The zero-order valence-corrected chi connectivity index (χ0v) is 17.2. The van der Waals surface area contributed by atoms with Crippen LogP contribution in [0.2, 0.25) is 0 Å². The molecule has 0 bridgehead atoms. The molecule has 2 aromatic carbocycles. The van der Waals surface area contributed by atoms with E-state index in [1.165, 1.54) is 0 Å². The molecular weight excluding hydrogens is 380 g/mol. The predicted molar refractivity (Wildman–Crippen MR) is 113 cm³/mol. The number of ether oxygens (including phenoxy) is 2.